The van der Waals surface area contributed by atoms with Gasteiger partial charge in [-0.2, -0.15) is 0 Å². The largest absolute Gasteiger partial charge is 0.351 e. The zero-order valence-electron chi connectivity index (χ0n) is 15.5. The Morgan fingerprint density at radius 3 is 2.42 bits per heavy atom. The minimum atomic E-state index is -0.262. The van der Waals surface area contributed by atoms with Crippen LogP contribution in [0.3, 0.4) is 0 Å². The number of thiophene rings is 1. The van der Waals surface area contributed by atoms with E-state index in [1.165, 1.54) is 10.4 Å². The summed E-state index contributed by atoms with van der Waals surface area (Å²) in [5.41, 5.74) is 0.965. The van der Waals surface area contributed by atoms with Crippen LogP contribution in [0.1, 0.15) is 56.9 Å². The summed E-state index contributed by atoms with van der Waals surface area (Å²) in [6.45, 7) is 8.65. The van der Waals surface area contributed by atoms with Crippen molar-refractivity contribution in [2.45, 2.75) is 65.5 Å². The monoisotopic (exact) mass is 350 g/mol. The maximum Gasteiger partial charge on any atom is 0.226 e. The average Bonchev–Trinajstić information content (AvgIpc) is 2.90. The van der Waals surface area contributed by atoms with Gasteiger partial charge in [-0.25, -0.2) is 0 Å². The van der Waals surface area contributed by atoms with E-state index in [1.807, 2.05) is 27.8 Å². The van der Waals surface area contributed by atoms with E-state index >= 15 is 0 Å². The first-order chi connectivity index (χ1) is 11.2. The van der Waals surface area contributed by atoms with Crippen molar-refractivity contribution in [3.05, 3.63) is 21.9 Å². The molecule has 0 saturated heterocycles. The van der Waals surface area contributed by atoms with Crippen molar-refractivity contribution in [3.63, 3.8) is 0 Å². The molecule has 0 unspecified atom stereocenters. The third kappa shape index (κ3) is 4.82. The van der Waals surface area contributed by atoms with E-state index in [1.54, 1.807) is 16.2 Å². The molecule has 24 heavy (non-hydrogen) atoms. The highest BCUT2D eigenvalue weighted by Gasteiger charge is 2.38. The van der Waals surface area contributed by atoms with Crippen molar-refractivity contribution in [3.8, 4) is 0 Å². The molecular formula is C19H30N2O2S. The molecule has 0 aromatic carbocycles. The first kappa shape index (κ1) is 19.0. The third-order valence-corrected chi connectivity index (χ3v) is 5.65. The van der Waals surface area contributed by atoms with Crippen LogP contribution in [0, 0.1) is 18.8 Å². The molecule has 4 nitrogen and oxygen atoms in total. The fourth-order valence-corrected chi connectivity index (χ4v) is 4.30. The molecule has 0 bridgehead atoms. The summed E-state index contributed by atoms with van der Waals surface area (Å²) in [5.74, 6) is -0.249. The quantitative estimate of drug-likeness (QED) is 0.899. The Bertz CT molecular complexity index is 588. The predicted molar refractivity (Wildman–Crippen MR) is 98.9 cm³/mol. The van der Waals surface area contributed by atoms with Gasteiger partial charge in [0.2, 0.25) is 11.8 Å². The fourth-order valence-electron chi connectivity index (χ4n) is 3.35. The van der Waals surface area contributed by atoms with Gasteiger partial charge in [-0.05, 0) is 57.5 Å². The van der Waals surface area contributed by atoms with Crippen LogP contribution < -0.4 is 5.32 Å². The van der Waals surface area contributed by atoms with E-state index in [2.05, 4.69) is 23.7 Å². The molecule has 1 saturated carbocycles. The summed E-state index contributed by atoms with van der Waals surface area (Å²) < 4.78 is 0. The number of nitrogens with zero attached hydrogens (tertiary/aromatic N) is 1. The van der Waals surface area contributed by atoms with Crippen LogP contribution in [0.15, 0.2) is 11.4 Å². The Balaban J connectivity index is 2.07. The molecule has 1 aromatic rings. The molecule has 0 spiro atoms. The number of amides is 2. The highest BCUT2D eigenvalue weighted by Crippen LogP contribution is 2.32. The van der Waals surface area contributed by atoms with Gasteiger partial charge in [0.15, 0.2) is 0 Å². The van der Waals surface area contributed by atoms with Crippen molar-refractivity contribution in [1.82, 2.24) is 10.2 Å². The molecule has 1 N–H and O–H groups in total. The molecule has 1 fully saturated rings. The lowest BCUT2D eigenvalue weighted by Gasteiger charge is -2.34. The number of carbonyl (C=O) groups is 2. The minimum absolute atomic E-state index is 0.0289. The highest BCUT2D eigenvalue weighted by molar-refractivity contribution is 7.10. The normalized spacial score (nSPS) is 21.4. The average molecular weight is 351 g/mol. The third-order valence-electron chi connectivity index (χ3n) is 4.64. The van der Waals surface area contributed by atoms with Crippen LogP contribution in [0.5, 0.6) is 0 Å². The van der Waals surface area contributed by atoms with Crippen LogP contribution >= 0.6 is 11.3 Å². The second kappa shape index (κ2) is 7.68. The van der Waals surface area contributed by atoms with Crippen LogP contribution in [0.25, 0.3) is 0 Å². The molecule has 1 aromatic heterocycles. The van der Waals surface area contributed by atoms with Crippen molar-refractivity contribution in [2.75, 3.05) is 7.05 Å². The molecule has 0 radical (unpaired) electrons. The van der Waals surface area contributed by atoms with Gasteiger partial charge in [0.05, 0.1) is 6.54 Å². The second-order valence-corrected chi connectivity index (χ2v) is 8.96. The maximum absolute atomic E-state index is 13.0. The Morgan fingerprint density at radius 1 is 1.25 bits per heavy atom. The van der Waals surface area contributed by atoms with Gasteiger partial charge in [-0.1, -0.05) is 12.8 Å². The van der Waals surface area contributed by atoms with E-state index in [4.69, 9.17) is 0 Å². The standard InChI is InChI=1S/C19H30N2O2S/c1-13-10-11-24-16(13)12-21(5)18(23)15-9-7-6-8-14(15)17(22)20-19(2,3)4/h10-11,14-15H,6-9,12H2,1-5H3,(H,20,22)/t14-,15+/m1/s1. The summed E-state index contributed by atoms with van der Waals surface area (Å²) in [6, 6.07) is 2.08. The lowest BCUT2D eigenvalue weighted by molar-refractivity contribution is -0.143. The van der Waals surface area contributed by atoms with Crippen molar-refractivity contribution >= 4 is 23.2 Å². The number of hydrogen-bond donors (Lipinski definition) is 1. The first-order valence-corrected chi connectivity index (χ1v) is 9.67. The molecule has 2 rings (SSSR count). The summed E-state index contributed by atoms with van der Waals surface area (Å²) in [7, 11) is 1.86. The van der Waals surface area contributed by atoms with Gasteiger partial charge in [0.1, 0.15) is 0 Å². The summed E-state index contributed by atoms with van der Waals surface area (Å²) in [6.07, 6.45) is 3.68. The molecule has 1 aliphatic rings. The zero-order chi connectivity index (χ0) is 17.9. The number of carbonyl (C=O) groups excluding carboxylic acids is 2. The fraction of sp³-hybridized carbons (Fsp3) is 0.684. The van der Waals surface area contributed by atoms with Crippen molar-refractivity contribution in [1.29, 1.82) is 0 Å². The Morgan fingerprint density at radius 2 is 1.88 bits per heavy atom. The highest BCUT2D eigenvalue weighted by atomic mass is 32.1. The summed E-state index contributed by atoms with van der Waals surface area (Å²) in [4.78, 5) is 28.6. The van der Waals surface area contributed by atoms with Crippen LogP contribution in [0.2, 0.25) is 0 Å². The van der Waals surface area contributed by atoms with E-state index < -0.39 is 0 Å². The second-order valence-electron chi connectivity index (χ2n) is 7.96. The van der Waals surface area contributed by atoms with Crippen LogP contribution in [0.4, 0.5) is 0 Å². The number of rotatable bonds is 4. The molecule has 0 aliphatic heterocycles. The van der Waals surface area contributed by atoms with Gasteiger partial charge >= 0.3 is 0 Å². The van der Waals surface area contributed by atoms with Gasteiger partial charge in [0, 0.05) is 29.3 Å². The molecule has 2 amide bonds. The van der Waals surface area contributed by atoms with E-state index in [9.17, 15) is 9.59 Å². The molecule has 134 valence electrons. The van der Waals surface area contributed by atoms with Gasteiger partial charge < -0.3 is 10.2 Å². The van der Waals surface area contributed by atoms with Crippen LogP contribution in [-0.4, -0.2) is 29.3 Å². The molecule has 2 atom stereocenters. The van der Waals surface area contributed by atoms with E-state index in [0.29, 0.717) is 6.54 Å². The minimum Gasteiger partial charge on any atom is -0.351 e. The lowest BCUT2D eigenvalue weighted by Crippen LogP contribution is -2.49. The SMILES string of the molecule is Cc1ccsc1CN(C)C(=O)[C@H]1CCCC[C@H]1C(=O)NC(C)(C)C. The Hall–Kier alpha value is -1.36. The van der Waals surface area contributed by atoms with E-state index in [-0.39, 0.29) is 29.2 Å². The molecule has 5 heteroatoms. The topological polar surface area (TPSA) is 49.4 Å². The summed E-state index contributed by atoms with van der Waals surface area (Å²) >= 11 is 1.68. The first-order valence-electron chi connectivity index (χ1n) is 8.79. The van der Waals surface area contributed by atoms with Gasteiger partial charge in [0.25, 0.3) is 0 Å². The Kier molecular flexibility index (Phi) is 6.07. The smallest absolute Gasteiger partial charge is 0.226 e. The zero-order valence-corrected chi connectivity index (χ0v) is 16.3. The Labute approximate surface area is 149 Å². The van der Waals surface area contributed by atoms with Gasteiger partial charge in [-0.15, -0.1) is 11.3 Å². The molecular weight excluding hydrogens is 320 g/mol. The van der Waals surface area contributed by atoms with Crippen LogP contribution in [-0.2, 0) is 16.1 Å². The number of nitrogens with one attached hydrogen (secondary N) is 1. The molecule has 1 aliphatic carbocycles. The molecule has 1 heterocycles. The van der Waals surface area contributed by atoms with Crippen molar-refractivity contribution in [2.24, 2.45) is 11.8 Å². The van der Waals surface area contributed by atoms with Crippen molar-refractivity contribution < 1.29 is 9.59 Å². The maximum atomic E-state index is 13.0. The number of hydrogen-bond acceptors (Lipinski definition) is 3. The predicted octanol–water partition coefficient (Wildman–Crippen LogP) is 3.74. The summed E-state index contributed by atoms with van der Waals surface area (Å²) in [5, 5.41) is 5.12. The van der Waals surface area contributed by atoms with Gasteiger partial charge in [-0.3, -0.25) is 9.59 Å². The lowest BCUT2D eigenvalue weighted by atomic mass is 9.77. The number of aryl methyl sites for hydroxylation is 1. The van der Waals surface area contributed by atoms with E-state index in [0.717, 1.165) is 25.7 Å².